The maximum absolute atomic E-state index is 5.58. The van der Waals surface area contributed by atoms with Crippen LogP contribution in [0.1, 0.15) is 24.1 Å². The molecule has 1 aromatic carbocycles. The maximum Gasteiger partial charge on any atom is 0.123 e. The highest BCUT2D eigenvalue weighted by Crippen LogP contribution is 2.25. The minimum Gasteiger partial charge on any atom is -0.496 e. The Morgan fingerprint density at radius 2 is 2.00 bits per heavy atom. The predicted molar refractivity (Wildman–Crippen MR) is 83.5 cm³/mol. The molecule has 20 heavy (non-hydrogen) atoms. The monoisotopic (exact) mass is 280 g/mol. The molecule has 1 unspecified atom stereocenters. The summed E-state index contributed by atoms with van der Waals surface area (Å²) in [6, 6.07) is 6.52. The summed E-state index contributed by atoms with van der Waals surface area (Å²) >= 11 is 0. The molecular formula is C16H28N2O2. The van der Waals surface area contributed by atoms with Crippen molar-refractivity contribution < 1.29 is 9.47 Å². The molecule has 1 rings (SSSR count). The molecule has 0 radical (unpaired) electrons. The van der Waals surface area contributed by atoms with E-state index in [0.717, 1.165) is 32.1 Å². The Morgan fingerprint density at radius 1 is 1.25 bits per heavy atom. The molecule has 114 valence electrons. The van der Waals surface area contributed by atoms with E-state index in [2.05, 4.69) is 36.2 Å². The molecule has 0 aliphatic carbocycles. The highest BCUT2D eigenvalue weighted by molar-refractivity contribution is 5.38. The minimum absolute atomic E-state index is 0.252. The van der Waals surface area contributed by atoms with Crippen molar-refractivity contribution in [2.75, 3.05) is 47.5 Å². The van der Waals surface area contributed by atoms with Crippen LogP contribution in [0.5, 0.6) is 5.75 Å². The van der Waals surface area contributed by atoms with Gasteiger partial charge >= 0.3 is 0 Å². The summed E-state index contributed by atoms with van der Waals surface area (Å²) < 4.78 is 11.0. The average Bonchev–Trinajstić information content (AvgIpc) is 2.42. The van der Waals surface area contributed by atoms with Gasteiger partial charge in [0.1, 0.15) is 5.75 Å². The molecular weight excluding hydrogens is 252 g/mol. The van der Waals surface area contributed by atoms with Crippen molar-refractivity contribution in [3.8, 4) is 5.75 Å². The van der Waals surface area contributed by atoms with Gasteiger partial charge in [-0.3, -0.25) is 0 Å². The van der Waals surface area contributed by atoms with Crippen molar-refractivity contribution in [1.29, 1.82) is 0 Å². The number of aryl methyl sites for hydroxylation is 1. The third-order valence-electron chi connectivity index (χ3n) is 3.23. The standard InChI is InChI=1S/C16H28N2O2/c1-13-6-7-16(19-5)15(12-13)14(2)17-8-10-20-11-9-18(3)4/h6-7,12,14,17H,8-11H2,1-5H3. The number of rotatable bonds is 9. The fourth-order valence-electron chi connectivity index (χ4n) is 2.00. The molecule has 0 saturated carbocycles. The molecule has 1 N–H and O–H groups in total. The quantitative estimate of drug-likeness (QED) is 0.703. The molecule has 0 aliphatic heterocycles. The SMILES string of the molecule is COc1ccc(C)cc1C(C)NCCOCCN(C)C. The van der Waals surface area contributed by atoms with Crippen LogP contribution >= 0.6 is 0 Å². The molecule has 4 nitrogen and oxygen atoms in total. The highest BCUT2D eigenvalue weighted by atomic mass is 16.5. The van der Waals surface area contributed by atoms with Gasteiger partial charge in [-0.05, 0) is 34.0 Å². The van der Waals surface area contributed by atoms with E-state index in [0.29, 0.717) is 0 Å². The largest absolute Gasteiger partial charge is 0.496 e. The number of nitrogens with one attached hydrogen (secondary N) is 1. The number of benzene rings is 1. The van der Waals surface area contributed by atoms with Gasteiger partial charge in [0.25, 0.3) is 0 Å². The third kappa shape index (κ3) is 5.90. The van der Waals surface area contributed by atoms with Crippen molar-refractivity contribution in [1.82, 2.24) is 10.2 Å². The van der Waals surface area contributed by atoms with Crippen LogP contribution in [0.4, 0.5) is 0 Å². The van der Waals surface area contributed by atoms with Crippen LogP contribution in [0.25, 0.3) is 0 Å². The van der Waals surface area contributed by atoms with E-state index in [-0.39, 0.29) is 6.04 Å². The summed E-state index contributed by atoms with van der Waals surface area (Å²) in [5.41, 5.74) is 2.44. The van der Waals surface area contributed by atoms with Crippen molar-refractivity contribution in [2.45, 2.75) is 19.9 Å². The molecule has 1 atom stereocenters. The Morgan fingerprint density at radius 3 is 2.65 bits per heavy atom. The summed E-state index contributed by atoms with van der Waals surface area (Å²) in [6.45, 7) is 7.55. The van der Waals surface area contributed by atoms with E-state index in [1.807, 2.05) is 20.2 Å². The summed E-state index contributed by atoms with van der Waals surface area (Å²) in [4.78, 5) is 2.12. The summed E-state index contributed by atoms with van der Waals surface area (Å²) in [5, 5.41) is 3.47. The molecule has 0 bridgehead atoms. The van der Waals surface area contributed by atoms with Gasteiger partial charge in [0, 0.05) is 24.7 Å². The minimum atomic E-state index is 0.252. The van der Waals surface area contributed by atoms with Gasteiger partial charge in [0.05, 0.1) is 20.3 Å². The topological polar surface area (TPSA) is 33.7 Å². The second kappa shape index (κ2) is 8.95. The van der Waals surface area contributed by atoms with Crippen LogP contribution in [0.3, 0.4) is 0 Å². The number of methoxy groups -OCH3 is 1. The van der Waals surface area contributed by atoms with Crippen molar-refractivity contribution in [3.63, 3.8) is 0 Å². The third-order valence-corrected chi connectivity index (χ3v) is 3.23. The van der Waals surface area contributed by atoms with Crippen LogP contribution in [-0.2, 0) is 4.74 Å². The normalized spacial score (nSPS) is 12.7. The number of nitrogens with zero attached hydrogens (tertiary/aromatic N) is 1. The van der Waals surface area contributed by atoms with E-state index in [9.17, 15) is 0 Å². The second-order valence-corrected chi connectivity index (χ2v) is 5.34. The molecule has 0 spiro atoms. The van der Waals surface area contributed by atoms with Gasteiger partial charge in [-0.1, -0.05) is 17.7 Å². The van der Waals surface area contributed by atoms with Crippen molar-refractivity contribution in [3.05, 3.63) is 29.3 Å². The maximum atomic E-state index is 5.58. The summed E-state index contributed by atoms with van der Waals surface area (Å²) in [7, 11) is 5.81. The number of hydrogen-bond acceptors (Lipinski definition) is 4. The van der Waals surface area contributed by atoms with Crippen LogP contribution < -0.4 is 10.1 Å². The molecule has 4 heteroatoms. The van der Waals surface area contributed by atoms with E-state index in [1.165, 1.54) is 11.1 Å². The van der Waals surface area contributed by atoms with Crippen molar-refractivity contribution in [2.24, 2.45) is 0 Å². The zero-order chi connectivity index (χ0) is 15.0. The lowest BCUT2D eigenvalue weighted by molar-refractivity contribution is 0.118. The zero-order valence-electron chi connectivity index (χ0n) is 13.4. The van der Waals surface area contributed by atoms with Gasteiger partial charge in [0.15, 0.2) is 0 Å². The van der Waals surface area contributed by atoms with Gasteiger partial charge < -0.3 is 19.7 Å². The van der Waals surface area contributed by atoms with Crippen LogP contribution in [0, 0.1) is 6.92 Å². The van der Waals surface area contributed by atoms with E-state index in [4.69, 9.17) is 9.47 Å². The molecule has 0 heterocycles. The predicted octanol–water partition coefficient (Wildman–Crippen LogP) is 2.23. The first-order valence-corrected chi connectivity index (χ1v) is 7.15. The molecule has 0 aromatic heterocycles. The lowest BCUT2D eigenvalue weighted by Crippen LogP contribution is -2.25. The van der Waals surface area contributed by atoms with Gasteiger partial charge in [-0.15, -0.1) is 0 Å². The summed E-state index contributed by atoms with van der Waals surface area (Å²) in [5.74, 6) is 0.934. The second-order valence-electron chi connectivity index (χ2n) is 5.34. The summed E-state index contributed by atoms with van der Waals surface area (Å²) in [6.07, 6.45) is 0. The van der Waals surface area contributed by atoms with Gasteiger partial charge in [-0.25, -0.2) is 0 Å². The first kappa shape index (κ1) is 17.0. The Labute approximate surface area is 123 Å². The van der Waals surface area contributed by atoms with E-state index >= 15 is 0 Å². The number of likely N-dealkylation sites (N-methyl/N-ethyl adjacent to an activating group) is 1. The lowest BCUT2D eigenvalue weighted by atomic mass is 10.0. The van der Waals surface area contributed by atoms with Crippen molar-refractivity contribution >= 4 is 0 Å². The number of ether oxygens (including phenoxy) is 2. The molecule has 0 fully saturated rings. The molecule has 0 amide bonds. The van der Waals surface area contributed by atoms with Gasteiger partial charge in [-0.2, -0.15) is 0 Å². The van der Waals surface area contributed by atoms with E-state index < -0.39 is 0 Å². The Kier molecular flexibility index (Phi) is 7.59. The smallest absolute Gasteiger partial charge is 0.123 e. The zero-order valence-corrected chi connectivity index (χ0v) is 13.4. The molecule has 0 aliphatic rings. The lowest BCUT2D eigenvalue weighted by Gasteiger charge is -2.18. The fraction of sp³-hybridized carbons (Fsp3) is 0.625. The first-order chi connectivity index (χ1) is 9.54. The average molecular weight is 280 g/mol. The highest BCUT2D eigenvalue weighted by Gasteiger charge is 2.10. The van der Waals surface area contributed by atoms with Crippen LogP contribution in [0.15, 0.2) is 18.2 Å². The Hall–Kier alpha value is -1.10. The first-order valence-electron chi connectivity index (χ1n) is 7.15. The molecule has 1 aromatic rings. The van der Waals surface area contributed by atoms with Crippen LogP contribution in [0.2, 0.25) is 0 Å². The molecule has 0 saturated heterocycles. The Balaban J connectivity index is 2.35. The fourth-order valence-corrected chi connectivity index (χ4v) is 2.00. The van der Waals surface area contributed by atoms with E-state index in [1.54, 1.807) is 7.11 Å². The Bertz CT molecular complexity index is 394. The van der Waals surface area contributed by atoms with Crippen LogP contribution in [-0.4, -0.2) is 52.4 Å². The number of hydrogen-bond donors (Lipinski definition) is 1. The van der Waals surface area contributed by atoms with Gasteiger partial charge in [0.2, 0.25) is 0 Å².